The summed E-state index contributed by atoms with van der Waals surface area (Å²) in [7, 11) is 0. The van der Waals surface area contributed by atoms with Crippen molar-refractivity contribution < 1.29 is 9.90 Å². The van der Waals surface area contributed by atoms with E-state index in [1.54, 1.807) is 6.07 Å². The number of nitrogens with two attached hydrogens (primary N) is 1. The van der Waals surface area contributed by atoms with Crippen LogP contribution >= 0.6 is 11.6 Å². The van der Waals surface area contributed by atoms with Crippen molar-refractivity contribution in [1.29, 1.82) is 0 Å². The predicted octanol–water partition coefficient (Wildman–Crippen LogP) is 3.04. The number of likely N-dealkylation sites (tertiary alicyclic amines) is 1. The fourth-order valence-electron chi connectivity index (χ4n) is 3.21. The zero-order valence-corrected chi connectivity index (χ0v) is 13.0. The van der Waals surface area contributed by atoms with Crippen molar-refractivity contribution >= 4 is 28.3 Å². The lowest BCUT2D eigenvalue weighted by atomic mass is 9.99. The maximum Gasteiger partial charge on any atom is 0.234 e. The van der Waals surface area contributed by atoms with Crippen molar-refractivity contribution in [3.05, 3.63) is 40.9 Å². The van der Waals surface area contributed by atoms with Gasteiger partial charge in [-0.1, -0.05) is 42.3 Å². The summed E-state index contributed by atoms with van der Waals surface area (Å²) in [5, 5.41) is 12.7. The van der Waals surface area contributed by atoms with Crippen LogP contribution in [0.1, 0.15) is 24.8 Å². The van der Waals surface area contributed by atoms with Gasteiger partial charge < -0.3 is 10.8 Å². The van der Waals surface area contributed by atoms with Gasteiger partial charge in [0, 0.05) is 27.9 Å². The Kier molecular flexibility index (Phi) is 4.23. The van der Waals surface area contributed by atoms with Gasteiger partial charge in [-0.2, -0.15) is 0 Å². The number of carbonyl (C=O) groups is 1. The number of hydrogen-bond donors (Lipinski definition) is 2. The fourth-order valence-corrected chi connectivity index (χ4v) is 3.51. The lowest BCUT2D eigenvalue weighted by Gasteiger charge is -2.33. The first kappa shape index (κ1) is 15.1. The Balaban J connectivity index is 1.96. The molecular weight excluding hydrogens is 300 g/mol. The van der Waals surface area contributed by atoms with Crippen molar-refractivity contribution in [1.82, 2.24) is 4.90 Å². The third-order valence-corrected chi connectivity index (χ3v) is 4.67. The van der Waals surface area contributed by atoms with E-state index in [9.17, 15) is 9.90 Å². The van der Waals surface area contributed by atoms with E-state index in [2.05, 4.69) is 0 Å². The second kappa shape index (κ2) is 6.15. The number of fused-ring (bicyclic) bond motifs is 1. The van der Waals surface area contributed by atoms with E-state index in [4.69, 9.17) is 17.3 Å². The molecule has 1 heterocycles. The molecule has 3 rings (SSSR count). The van der Waals surface area contributed by atoms with Gasteiger partial charge in [-0.05, 0) is 25.5 Å². The summed E-state index contributed by atoms with van der Waals surface area (Å²) in [6, 6.07) is 9.01. The molecule has 1 atom stereocenters. The van der Waals surface area contributed by atoms with Gasteiger partial charge in [0.05, 0.1) is 6.04 Å². The summed E-state index contributed by atoms with van der Waals surface area (Å²) in [5.41, 5.74) is 6.23. The number of amides is 1. The van der Waals surface area contributed by atoms with Crippen LogP contribution in [0, 0.1) is 0 Å². The number of piperidine rings is 1. The molecule has 0 aromatic heterocycles. The second-order valence-corrected chi connectivity index (χ2v) is 6.20. The van der Waals surface area contributed by atoms with Crippen LogP contribution in [-0.4, -0.2) is 28.5 Å². The molecule has 1 amide bonds. The van der Waals surface area contributed by atoms with Crippen LogP contribution < -0.4 is 5.73 Å². The number of nitrogens with zero attached hydrogens (tertiary/aromatic N) is 1. The topological polar surface area (TPSA) is 66.6 Å². The number of halogens is 1. The van der Waals surface area contributed by atoms with Gasteiger partial charge in [-0.15, -0.1) is 0 Å². The Hall–Kier alpha value is -1.78. The largest absolute Gasteiger partial charge is 0.507 e. The summed E-state index contributed by atoms with van der Waals surface area (Å²) in [5.74, 6) is -0.0696. The van der Waals surface area contributed by atoms with E-state index in [-0.39, 0.29) is 17.7 Å². The number of hydrogen-bond acceptors (Lipinski definition) is 3. The second-order valence-electron chi connectivity index (χ2n) is 5.80. The molecule has 4 nitrogen and oxygen atoms in total. The van der Waals surface area contributed by atoms with Crippen molar-refractivity contribution in [3.63, 3.8) is 0 Å². The molecular formula is C17H19ClN2O2. The summed E-state index contributed by atoms with van der Waals surface area (Å²) < 4.78 is 0. The number of phenols is 1. The minimum Gasteiger partial charge on any atom is -0.507 e. The van der Waals surface area contributed by atoms with Crippen LogP contribution in [0.3, 0.4) is 0 Å². The third kappa shape index (κ3) is 2.76. The lowest BCUT2D eigenvalue weighted by Crippen LogP contribution is -2.47. The van der Waals surface area contributed by atoms with Crippen LogP contribution in [0.15, 0.2) is 30.3 Å². The number of phenolic OH excluding ortho intramolecular Hbond substituents is 1. The molecule has 3 N–H and O–H groups in total. The first-order valence-electron chi connectivity index (χ1n) is 7.50. The molecule has 0 bridgehead atoms. The van der Waals surface area contributed by atoms with Crippen LogP contribution in [0.2, 0.25) is 5.02 Å². The molecule has 2 aromatic rings. The Labute approximate surface area is 134 Å². The molecule has 5 heteroatoms. The van der Waals surface area contributed by atoms with E-state index in [0.717, 1.165) is 42.1 Å². The molecule has 0 aliphatic carbocycles. The number of rotatable bonds is 3. The zero-order valence-electron chi connectivity index (χ0n) is 12.3. The number of carbonyl (C=O) groups excluding carboxylic acids is 1. The molecule has 1 fully saturated rings. The van der Waals surface area contributed by atoms with Crippen LogP contribution in [-0.2, 0) is 11.3 Å². The smallest absolute Gasteiger partial charge is 0.234 e. The monoisotopic (exact) mass is 318 g/mol. The molecule has 22 heavy (non-hydrogen) atoms. The summed E-state index contributed by atoms with van der Waals surface area (Å²) >= 11 is 6.33. The van der Waals surface area contributed by atoms with Gasteiger partial charge in [0.1, 0.15) is 5.75 Å². The Morgan fingerprint density at radius 3 is 2.77 bits per heavy atom. The number of primary amides is 1. The standard InChI is InChI=1S/C17H19ClN2O2/c18-14-9-11(16(21)13-6-2-1-5-12(13)14)10-20-8-4-3-7-15(20)17(19)22/h1-2,5-6,9,15,21H,3-4,7-8,10H2,(H2,19,22). The van der Waals surface area contributed by atoms with Gasteiger partial charge in [0.25, 0.3) is 0 Å². The summed E-state index contributed by atoms with van der Waals surface area (Å²) in [4.78, 5) is 13.6. The quantitative estimate of drug-likeness (QED) is 0.914. The van der Waals surface area contributed by atoms with E-state index < -0.39 is 0 Å². The third-order valence-electron chi connectivity index (χ3n) is 4.36. The van der Waals surface area contributed by atoms with Gasteiger partial charge in [-0.25, -0.2) is 0 Å². The number of benzene rings is 2. The van der Waals surface area contributed by atoms with Crippen molar-refractivity contribution in [2.45, 2.75) is 31.8 Å². The van der Waals surface area contributed by atoms with Crippen molar-refractivity contribution in [2.75, 3.05) is 6.54 Å². The van der Waals surface area contributed by atoms with Gasteiger partial charge in [0.15, 0.2) is 0 Å². The van der Waals surface area contributed by atoms with E-state index >= 15 is 0 Å². The molecule has 116 valence electrons. The van der Waals surface area contributed by atoms with Crippen LogP contribution in [0.25, 0.3) is 10.8 Å². The van der Waals surface area contributed by atoms with Gasteiger partial charge in [0.2, 0.25) is 5.91 Å². The summed E-state index contributed by atoms with van der Waals surface area (Å²) in [6.07, 6.45) is 2.82. The highest BCUT2D eigenvalue weighted by Gasteiger charge is 2.27. The SMILES string of the molecule is NC(=O)C1CCCCN1Cc1cc(Cl)c2ccccc2c1O. The molecule has 0 radical (unpaired) electrons. The minimum atomic E-state index is -0.300. The van der Waals surface area contributed by atoms with E-state index in [0.29, 0.717) is 11.6 Å². The highest BCUT2D eigenvalue weighted by atomic mass is 35.5. The van der Waals surface area contributed by atoms with E-state index in [1.807, 2.05) is 29.2 Å². The lowest BCUT2D eigenvalue weighted by molar-refractivity contribution is -0.124. The first-order valence-corrected chi connectivity index (χ1v) is 7.88. The molecule has 1 aliphatic rings. The zero-order chi connectivity index (χ0) is 15.7. The highest BCUT2D eigenvalue weighted by Crippen LogP contribution is 2.35. The Bertz CT molecular complexity index is 717. The fraction of sp³-hybridized carbons (Fsp3) is 0.353. The predicted molar refractivity (Wildman–Crippen MR) is 87.9 cm³/mol. The highest BCUT2D eigenvalue weighted by molar-refractivity contribution is 6.35. The number of aromatic hydroxyl groups is 1. The average Bonchev–Trinajstić information content (AvgIpc) is 2.53. The molecule has 1 aliphatic heterocycles. The Morgan fingerprint density at radius 1 is 1.32 bits per heavy atom. The van der Waals surface area contributed by atoms with E-state index in [1.165, 1.54) is 0 Å². The maximum absolute atomic E-state index is 11.6. The Morgan fingerprint density at radius 2 is 2.05 bits per heavy atom. The average molecular weight is 319 g/mol. The molecule has 0 saturated carbocycles. The molecule has 1 unspecified atom stereocenters. The van der Waals surface area contributed by atoms with Gasteiger partial charge >= 0.3 is 0 Å². The van der Waals surface area contributed by atoms with Crippen LogP contribution in [0.5, 0.6) is 5.75 Å². The van der Waals surface area contributed by atoms with Crippen molar-refractivity contribution in [2.24, 2.45) is 5.73 Å². The normalized spacial score (nSPS) is 19.4. The first-order chi connectivity index (χ1) is 10.6. The summed E-state index contributed by atoms with van der Waals surface area (Å²) in [6.45, 7) is 1.28. The van der Waals surface area contributed by atoms with Crippen LogP contribution in [0.4, 0.5) is 0 Å². The molecule has 0 spiro atoms. The van der Waals surface area contributed by atoms with Gasteiger partial charge in [-0.3, -0.25) is 9.69 Å². The molecule has 2 aromatic carbocycles. The molecule has 1 saturated heterocycles. The minimum absolute atomic E-state index is 0.230. The maximum atomic E-state index is 11.6. The van der Waals surface area contributed by atoms with Crippen molar-refractivity contribution in [3.8, 4) is 5.75 Å².